The van der Waals surface area contributed by atoms with Crippen LogP contribution in [0.5, 0.6) is 0 Å². The van der Waals surface area contributed by atoms with Gasteiger partial charge in [-0.3, -0.25) is 4.79 Å². The van der Waals surface area contributed by atoms with Crippen LogP contribution in [-0.2, 0) is 20.7 Å². The van der Waals surface area contributed by atoms with Crippen molar-refractivity contribution in [1.29, 1.82) is 0 Å². The Morgan fingerprint density at radius 3 is 2.67 bits per heavy atom. The summed E-state index contributed by atoms with van der Waals surface area (Å²) >= 11 is 0. The van der Waals surface area contributed by atoms with Gasteiger partial charge in [0.25, 0.3) is 5.91 Å². The molecule has 24 heavy (non-hydrogen) atoms. The summed E-state index contributed by atoms with van der Waals surface area (Å²) in [6.07, 6.45) is 5.13. The van der Waals surface area contributed by atoms with Crippen molar-refractivity contribution >= 4 is 11.9 Å². The lowest BCUT2D eigenvalue weighted by Gasteiger charge is -2.37. The molecular formula is C19H25NO4. The number of carbonyl (C=O) groups excluding carboxylic acids is 1. The van der Waals surface area contributed by atoms with Gasteiger partial charge < -0.3 is 14.7 Å². The molecule has 5 nitrogen and oxygen atoms in total. The first-order valence-corrected chi connectivity index (χ1v) is 8.88. The fourth-order valence-electron chi connectivity index (χ4n) is 3.84. The number of carbonyl (C=O) groups is 2. The van der Waals surface area contributed by atoms with Crippen LogP contribution in [0.4, 0.5) is 0 Å². The van der Waals surface area contributed by atoms with Gasteiger partial charge in [-0.25, -0.2) is 4.79 Å². The summed E-state index contributed by atoms with van der Waals surface area (Å²) in [6, 6.07) is 6.58. The van der Waals surface area contributed by atoms with Gasteiger partial charge in [-0.05, 0) is 36.8 Å². The topological polar surface area (TPSA) is 66.8 Å². The van der Waals surface area contributed by atoms with E-state index in [-0.39, 0.29) is 12.0 Å². The molecule has 2 unspecified atom stereocenters. The first-order chi connectivity index (χ1) is 11.6. The Morgan fingerprint density at radius 2 is 2.00 bits per heavy atom. The van der Waals surface area contributed by atoms with Gasteiger partial charge in [0, 0.05) is 6.54 Å². The molecule has 1 saturated carbocycles. The van der Waals surface area contributed by atoms with Gasteiger partial charge in [0.05, 0.1) is 6.10 Å². The number of rotatable bonds is 5. The van der Waals surface area contributed by atoms with E-state index in [0.29, 0.717) is 19.4 Å². The smallest absolute Gasteiger partial charge is 0.331 e. The summed E-state index contributed by atoms with van der Waals surface area (Å²) in [4.78, 5) is 26.3. The molecule has 1 N–H and O–H groups in total. The van der Waals surface area contributed by atoms with E-state index in [2.05, 4.69) is 0 Å². The number of ether oxygens (including phenoxy) is 1. The van der Waals surface area contributed by atoms with E-state index in [4.69, 9.17) is 4.74 Å². The van der Waals surface area contributed by atoms with Gasteiger partial charge in [-0.2, -0.15) is 0 Å². The van der Waals surface area contributed by atoms with Crippen molar-refractivity contribution in [3.63, 3.8) is 0 Å². The zero-order valence-corrected chi connectivity index (χ0v) is 14.1. The van der Waals surface area contributed by atoms with E-state index in [1.807, 2.05) is 31.2 Å². The van der Waals surface area contributed by atoms with Crippen LogP contribution in [0.2, 0.25) is 0 Å². The van der Waals surface area contributed by atoms with E-state index < -0.39 is 18.1 Å². The Labute approximate surface area is 142 Å². The molecule has 130 valence electrons. The maximum Gasteiger partial charge on any atom is 0.331 e. The number of fused-ring (bicyclic) bond motifs is 1. The normalized spacial score (nSPS) is 22.2. The quantitative estimate of drug-likeness (QED) is 0.901. The monoisotopic (exact) mass is 331 g/mol. The molecule has 0 radical (unpaired) electrons. The second-order valence-electron chi connectivity index (χ2n) is 6.66. The molecule has 0 aromatic heterocycles. The molecule has 1 heterocycles. The number of carboxylic acids is 1. The lowest BCUT2D eigenvalue weighted by molar-refractivity contribution is -0.159. The van der Waals surface area contributed by atoms with Crippen LogP contribution >= 0.6 is 0 Å². The molecule has 0 spiro atoms. The fraction of sp³-hybridized carbons (Fsp3) is 0.579. The Morgan fingerprint density at radius 1 is 1.29 bits per heavy atom. The minimum absolute atomic E-state index is 0.138. The molecule has 1 aromatic rings. The van der Waals surface area contributed by atoms with Gasteiger partial charge in [0.1, 0.15) is 6.10 Å². The third kappa shape index (κ3) is 3.31. The van der Waals surface area contributed by atoms with Crippen molar-refractivity contribution in [3.05, 3.63) is 35.4 Å². The Hall–Kier alpha value is -1.88. The van der Waals surface area contributed by atoms with Gasteiger partial charge in [0.2, 0.25) is 0 Å². The number of hydrogen-bond acceptors (Lipinski definition) is 3. The second kappa shape index (κ2) is 7.34. The summed E-state index contributed by atoms with van der Waals surface area (Å²) in [5.74, 6) is -1.17. The molecule has 2 aliphatic rings. The largest absolute Gasteiger partial charge is 0.479 e. The predicted octanol–water partition coefficient (Wildman–Crippen LogP) is 2.93. The van der Waals surface area contributed by atoms with Gasteiger partial charge in [-0.1, -0.05) is 44.0 Å². The Balaban J connectivity index is 1.81. The highest BCUT2D eigenvalue weighted by atomic mass is 16.5. The maximum absolute atomic E-state index is 13.0. The van der Waals surface area contributed by atoms with Gasteiger partial charge in [-0.15, -0.1) is 0 Å². The first-order valence-electron chi connectivity index (χ1n) is 8.88. The summed E-state index contributed by atoms with van der Waals surface area (Å²) in [5, 5.41) is 9.71. The number of nitrogens with zero attached hydrogens (tertiary/aromatic N) is 1. The Bertz CT molecular complexity index is 609. The number of benzene rings is 1. The van der Waals surface area contributed by atoms with Crippen molar-refractivity contribution in [2.75, 3.05) is 6.54 Å². The third-order valence-corrected chi connectivity index (χ3v) is 5.11. The molecule has 1 amide bonds. The molecule has 5 heteroatoms. The summed E-state index contributed by atoms with van der Waals surface area (Å²) in [7, 11) is 0. The minimum atomic E-state index is -0.980. The van der Waals surface area contributed by atoms with Crippen LogP contribution in [0, 0.1) is 0 Å². The van der Waals surface area contributed by atoms with Crippen LogP contribution in [-0.4, -0.2) is 40.6 Å². The van der Waals surface area contributed by atoms with Crippen molar-refractivity contribution in [1.82, 2.24) is 4.90 Å². The molecule has 1 fully saturated rings. The van der Waals surface area contributed by atoms with Crippen LogP contribution in [0.25, 0.3) is 0 Å². The molecular weight excluding hydrogens is 306 g/mol. The zero-order chi connectivity index (χ0) is 17.1. The molecule has 3 rings (SSSR count). The standard InChI is InChI=1S/C19H25NO4/c1-2-16(24-14-8-4-5-9-14)18(21)20-12-11-13-7-3-6-10-15(13)17(20)19(22)23/h3,6-7,10,14,16-17H,2,4-5,8-9,11-12H2,1H3,(H,22,23). The third-order valence-electron chi connectivity index (χ3n) is 5.11. The van der Waals surface area contributed by atoms with Crippen molar-refractivity contribution in [2.45, 2.75) is 63.7 Å². The molecule has 1 aliphatic heterocycles. The Kier molecular flexibility index (Phi) is 5.19. The van der Waals surface area contributed by atoms with E-state index in [0.717, 1.165) is 36.8 Å². The lowest BCUT2D eigenvalue weighted by Crippen LogP contribution is -2.48. The number of carboxylic acid groups (broad SMARTS) is 1. The minimum Gasteiger partial charge on any atom is -0.479 e. The van der Waals surface area contributed by atoms with Crippen LogP contribution in [0.1, 0.15) is 56.2 Å². The van der Waals surface area contributed by atoms with Crippen LogP contribution in [0.3, 0.4) is 0 Å². The summed E-state index contributed by atoms with van der Waals surface area (Å²) in [6.45, 7) is 2.35. The summed E-state index contributed by atoms with van der Waals surface area (Å²) < 4.78 is 6.01. The second-order valence-corrected chi connectivity index (χ2v) is 6.66. The highest BCUT2D eigenvalue weighted by molar-refractivity contribution is 5.88. The van der Waals surface area contributed by atoms with E-state index in [1.165, 1.54) is 4.90 Å². The lowest BCUT2D eigenvalue weighted by atomic mass is 9.92. The average molecular weight is 331 g/mol. The average Bonchev–Trinajstić information content (AvgIpc) is 3.11. The van der Waals surface area contributed by atoms with E-state index >= 15 is 0 Å². The molecule has 0 saturated heterocycles. The maximum atomic E-state index is 13.0. The van der Waals surface area contributed by atoms with Gasteiger partial charge in [0.15, 0.2) is 6.04 Å². The highest BCUT2D eigenvalue weighted by Crippen LogP contribution is 2.32. The van der Waals surface area contributed by atoms with Crippen LogP contribution in [0.15, 0.2) is 24.3 Å². The SMILES string of the molecule is CCC(OC1CCCC1)C(=O)N1CCc2ccccc2C1C(=O)O. The molecule has 1 aliphatic carbocycles. The zero-order valence-electron chi connectivity index (χ0n) is 14.1. The van der Waals surface area contributed by atoms with Crippen molar-refractivity contribution < 1.29 is 19.4 Å². The highest BCUT2D eigenvalue weighted by Gasteiger charge is 2.39. The summed E-state index contributed by atoms with van der Waals surface area (Å²) in [5.41, 5.74) is 1.74. The van der Waals surface area contributed by atoms with Gasteiger partial charge >= 0.3 is 5.97 Å². The van der Waals surface area contributed by atoms with E-state index in [1.54, 1.807) is 0 Å². The molecule has 1 aromatic carbocycles. The number of hydrogen-bond donors (Lipinski definition) is 1. The van der Waals surface area contributed by atoms with E-state index in [9.17, 15) is 14.7 Å². The first kappa shape index (κ1) is 17.0. The molecule has 0 bridgehead atoms. The van der Waals surface area contributed by atoms with Crippen molar-refractivity contribution in [3.8, 4) is 0 Å². The predicted molar refractivity (Wildman–Crippen MR) is 89.7 cm³/mol. The fourth-order valence-corrected chi connectivity index (χ4v) is 3.84. The number of amides is 1. The number of aliphatic carboxylic acids is 1. The van der Waals surface area contributed by atoms with Crippen molar-refractivity contribution in [2.24, 2.45) is 0 Å². The van der Waals surface area contributed by atoms with Crippen LogP contribution < -0.4 is 0 Å². The molecule has 2 atom stereocenters.